The molecule has 1 atom stereocenters. The minimum Gasteiger partial charge on any atom is -0.464 e. The Morgan fingerprint density at radius 2 is 2.56 bits per heavy atom. The van der Waals surface area contributed by atoms with E-state index in [0.29, 0.717) is 13.0 Å². The predicted molar refractivity (Wildman–Crippen MR) is 27.5 cm³/mol. The number of carbonyl (C=O) groups excluding carboxylic acids is 2. The van der Waals surface area contributed by atoms with Crippen molar-refractivity contribution in [3.8, 4) is 0 Å². The molecule has 48 valence electrons. The SMILES string of the molecule is O=C=N[C@H]1CCOC1=O. The molecule has 0 radical (unpaired) electrons. The summed E-state index contributed by atoms with van der Waals surface area (Å²) in [5.74, 6) is -0.418. The second-order valence-electron chi connectivity index (χ2n) is 1.69. The van der Waals surface area contributed by atoms with E-state index < -0.39 is 12.0 Å². The van der Waals surface area contributed by atoms with Crippen molar-refractivity contribution in [2.75, 3.05) is 6.61 Å². The van der Waals surface area contributed by atoms with Crippen molar-refractivity contribution >= 4 is 12.0 Å². The van der Waals surface area contributed by atoms with Gasteiger partial charge in [-0.15, -0.1) is 0 Å². The van der Waals surface area contributed by atoms with Crippen molar-refractivity contribution < 1.29 is 14.3 Å². The van der Waals surface area contributed by atoms with Crippen LogP contribution in [-0.2, 0) is 14.3 Å². The van der Waals surface area contributed by atoms with Crippen LogP contribution >= 0.6 is 0 Å². The summed E-state index contributed by atoms with van der Waals surface area (Å²) in [5, 5.41) is 0. The van der Waals surface area contributed by atoms with E-state index in [0.717, 1.165) is 0 Å². The number of hydrogen-bond donors (Lipinski definition) is 0. The van der Waals surface area contributed by atoms with Gasteiger partial charge in [-0.3, -0.25) is 0 Å². The normalized spacial score (nSPS) is 24.9. The number of carbonyl (C=O) groups is 1. The number of nitrogens with zero attached hydrogens (tertiary/aromatic N) is 1. The topological polar surface area (TPSA) is 55.7 Å². The third-order valence-corrected chi connectivity index (χ3v) is 1.12. The minimum absolute atomic E-state index is 0.370. The molecule has 9 heavy (non-hydrogen) atoms. The molecule has 1 aliphatic heterocycles. The van der Waals surface area contributed by atoms with Gasteiger partial charge in [0.2, 0.25) is 6.08 Å². The second-order valence-corrected chi connectivity index (χ2v) is 1.69. The van der Waals surface area contributed by atoms with Gasteiger partial charge in [-0.25, -0.2) is 9.59 Å². The van der Waals surface area contributed by atoms with Crippen LogP contribution in [0.3, 0.4) is 0 Å². The molecule has 1 fully saturated rings. The average Bonchev–Trinajstić information content (AvgIpc) is 2.18. The Balaban J connectivity index is 2.59. The molecule has 1 heterocycles. The molecule has 0 N–H and O–H groups in total. The summed E-state index contributed by atoms with van der Waals surface area (Å²) in [6.45, 7) is 0.370. The van der Waals surface area contributed by atoms with E-state index in [1.807, 2.05) is 0 Å². The summed E-state index contributed by atoms with van der Waals surface area (Å²) in [7, 11) is 0. The smallest absolute Gasteiger partial charge is 0.331 e. The average molecular weight is 127 g/mol. The number of ether oxygens (including phenoxy) is 1. The third-order valence-electron chi connectivity index (χ3n) is 1.12. The standard InChI is InChI=1S/C5H5NO3/c7-3-6-4-1-2-9-5(4)8/h4H,1-2H2/t4-/m0/s1. The largest absolute Gasteiger partial charge is 0.464 e. The lowest BCUT2D eigenvalue weighted by Gasteiger charge is -1.89. The fourth-order valence-electron chi connectivity index (χ4n) is 0.666. The van der Waals surface area contributed by atoms with Crippen molar-refractivity contribution in [1.29, 1.82) is 0 Å². The maximum atomic E-state index is 10.5. The monoisotopic (exact) mass is 127 g/mol. The summed E-state index contributed by atoms with van der Waals surface area (Å²) in [6, 6.07) is -0.581. The van der Waals surface area contributed by atoms with E-state index in [2.05, 4.69) is 9.73 Å². The zero-order chi connectivity index (χ0) is 6.69. The van der Waals surface area contributed by atoms with Gasteiger partial charge in [-0.2, -0.15) is 4.99 Å². The summed E-state index contributed by atoms with van der Waals surface area (Å²) in [6.07, 6.45) is 1.82. The number of rotatable bonds is 1. The predicted octanol–water partition coefficient (Wildman–Crippen LogP) is -0.362. The molecule has 0 unspecified atom stereocenters. The molecular formula is C5H5NO3. The first-order valence-corrected chi connectivity index (χ1v) is 2.58. The first kappa shape index (κ1) is 5.98. The van der Waals surface area contributed by atoms with Crippen LogP contribution in [0.5, 0.6) is 0 Å². The maximum Gasteiger partial charge on any atom is 0.331 e. The molecule has 0 aromatic carbocycles. The van der Waals surface area contributed by atoms with Crippen molar-refractivity contribution in [3.63, 3.8) is 0 Å². The highest BCUT2D eigenvalue weighted by Crippen LogP contribution is 2.08. The lowest BCUT2D eigenvalue weighted by Crippen LogP contribution is -2.10. The highest BCUT2D eigenvalue weighted by atomic mass is 16.5. The number of hydrogen-bond acceptors (Lipinski definition) is 4. The number of isocyanates is 1. The molecule has 4 nitrogen and oxygen atoms in total. The molecule has 0 bridgehead atoms. The van der Waals surface area contributed by atoms with Crippen molar-refractivity contribution in [3.05, 3.63) is 0 Å². The van der Waals surface area contributed by atoms with Gasteiger partial charge in [0.05, 0.1) is 6.61 Å². The van der Waals surface area contributed by atoms with Crippen molar-refractivity contribution in [2.45, 2.75) is 12.5 Å². The van der Waals surface area contributed by atoms with Gasteiger partial charge in [-0.05, 0) is 0 Å². The van der Waals surface area contributed by atoms with Crippen molar-refractivity contribution in [2.24, 2.45) is 4.99 Å². The Morgan fingerprint density at radius 3 is 3.00 bits per heavy atom. The maximum absolute atomic E-state index is 10.5. The third kappa shape index (κ3) is 1.15. The van der Waals surface area contributed by atoms with Crippen LogP contribution in [-0.4, -0.2) is 24.7 Å². The Bertz CT molecular complexity index is 171. The Kier molecular flexibility index (Phi) is 1.60. The molecule has 1 rings (SSSR count). The van der Waals surface area contributed by atoms with Crippen LogP contribution in [0.1, 0.15) is 6.42 Å². The van der Waals surface area contributed by atoms with Gasteiger partial charge in [0.15, 0.2) is 6.04 Å². The first-order chi connectivity index (χ1) is 4.34. The van der Waals surface area contributed by atoms with Crippen LogP contribution < -0.4 is 0 Å². The molecule has 0 saturated carbocycles. The van der Waals surface area contributed by atoms with E-state index in [1.165, 1.54) is 6.08 Å². The van der Waals surface area contributed by atoms with Gasteiger partial charge >= 0.3 is 5.97 Å². The van der Waals surface area contributed by atoms with Gasteiger partial charge in [0.25, 0.3) is 0 Å². The van der Waals surface area contributed by atoms with Crippen LogP contribution in [0.25, 0.3) is 0 Å². The molecule has 0 spiro atoms. The molecule has 0 aromatic heterocycles. The summed E-state index contributed by atoms with van der Waals surface area (Å²) < 4.78 is 4.51. The van der Waals surface area contributed by atoms with E-state index >= 15 is 0 Å². The van der Waals surface area contributed by atoms with Crippen LogP contribution in [0, 0.1) is 0 Å². The molecule has 4 heteroatoms. The lowest BCUT2D eigenvalue weighted by atomic mass is 10.3. The van der Waals surface area contributed by atoms with E-state index in [1.54, 1.807) is 0 Å². The fraction of sp³-hybridized carbons (Fsp3) is 0.600. The fourth-order valence-corrected chi connectivity index (χ4v) is 0.666. The minimum atomic E-state index is -0.581. The van der Waals surface area contributed by atoms with E-state index in [4.69, 9.17) is 0 Å². The van der Waals surface area contributed by atoms with Crippen molar-refractivity contribution in [1.82, 2.24) is 0 Å². The Labute approximate surface area is 51.5 Å². The van der Waals surface area contributed by atoms with Gasteiger partial charge in [0, 0.05) is 6.42 Å². The Morgan fingerprint density at radius 1 is 1.78 bits per heavy atom. The first-order valence-electron chi connectivity index (χ1n) is 2.58. The van der Waals surface area contributed by atoms with Gasteiger partial charge in [-0.1, -0.05) is 0 Å². The zero-order valence-electron chi connectivity index (χ0n) is 4.66. The van der Waals surface area contributed by atoms with Crippen LogP contribution in [0.15, 0.2) is 4.99 Å². The molecule has 0 aromatic rings. The van der Waals surface area contributed by atoms with E-state index in [9.17, 15) is 9.59 Å². The van der Waals surface area contributed by atoms with E-state index in [-0.39, 0.29) is 0 Å². The molecule has 1 aliphatic rings. The highest BCUT2D eigenvalue weighted by molar-refractivity contribution is 5.78. The zero-order valence-corrected chi connectivity index (χ0v) is 4.66. The lowest BCUT2D eigenvalue weighted by molar-refractivity contribution is -0.138. The number of cyclic esters (lactones) is 1. The van der Waals surface area contributed by atoms with Crippen LogP contribution in [0.2, 0.25) is 0 Å². The molecule has 1 saturated heterocycles. The highest BCUT2D eigenvalue weighted by Gasteiger charge is 2.25. The molecule has 0 aliphatic carbocycles. The number of esters is 1. The summed E-state index contributed by atoms with van der Waals surface area (Å²) in [5.41, 5.74) is 0. The van der Waals surface area contributed by atoms with Gasteiger partial charge in [0.1, 0.15) is 0 Å². The summed E-state index contributed by atoms with van der Waals surface area (Å²) >= 11 is 0. The molecule has 0 amide bonds. The summed E-state index contributed by atoms with van der Waals surface area (Å²) in [4.78, 5) is 23.3. The van der Waals surface area contributed by atoms with Gasteiger partial charge < -0.3 is 4.74 Å². The second kappa shape index (κ2) is 2.42. The Hall–Kier alpha value is -1.15. The molecular weight excluding hydrogens is 122 g/mol. The quantitative estimate of drug-likeness (QED) is 0.274. The van der Waals surface area contributed by atoms with Crippen LogP contribution in [0.4, 0.5) is 0 Å². The number of aliphatic imine (C=N–C) groups is 1.